The van der Waals surface area contributed by atoms with E-state index in [2.05, 4.69) is 5.32 Å². The average molecular weight is 304 g/mol. The lowest BCUT2D eigenvalue weighted by Gasteiger charge is -2.10. The number of amides is 1. The zero-order chi connectivity index (χ0) is 16.1. The van der Waals surface area contributed by atoms with Crippen molar-refractivity contribution in [1.29, 1.82) is 0 Å². The number of ether oxygens (including phenoxy) is 1. The molecular formula is C19H14NO3. The zero-order valence-electron chi connectivity index (χ0n) is 12.3. The summed E-state index contributed by atoms with van der Waals surface area (Å²) in [5, 5.41) is 4.43. The summed E-state index contributed by atoms with van der Waals surface area (Å²) >= 11 is 0. The second-order valence-corrected chi connectivity index (χ2v) is 5.03. The fourth-order valence-corrected chi connectivity index (χ4v) is 2.30. The summed E-state index contributed by atoms with van der Waals surface area (Å²) in [5.41, 5.74) is 1.57. The van der Waals surface area contributed by atoms with Crippen LogP contribution in [0.2, 0.25) is 0 Å². The van der Waals surface area contributed by atoms with Crippen LogP contribution in [0.4, 0.5) is 10.5 Å². The molecular weight excluding hydrogens is 290 g/mol. The third-order valence-corrected chi connectivity index (χ3v) is 3.45. The predicted octanol–water partition coefficient (Wildman–Crippen LogP) is 4.05. The number of fused-ring (bicyclic) bond motifs is 1. The van der Waals surface area contributed by atoms with Gasteiger partial charge in [0.2, 0.25) is 6.29 Å². The first-order valence-corrected chi connectivity index (χ1v) is 7.15. The highest BCUT2D eigenvalue weighted by atomic mass is 16.5. The van der Waals surface area contributed by atoms with E-state index in [0.29, 0.717) is 11.3 Å². The molecule has 0 aliphatic carbocycles. The van der Waals surface area contributed by atoms with Gasteiger partial charge in [0, 0.05) is 0 Å². The third-order valence-electron chi connectivity index (χ3n) is 3.45. The van der Waals surface area contributed by atoms with Crippen molar-refractivity contribution in [2.45, 2.75) is 6.61 Å². The molecule has 1 amide bonds. The second-order valence-electron chi connectivity index (χ2n) is 5.03. The van der Waals surface area contributed by atoms with Crippen LogP contribution in [0, 0.1) is 0 Å². The van der Waals surface area contributed by atoms with Gasteiger partial charge < -0.3 is 4.74 Å². The highest BCUT2D eigenvalue weighted by Crippen LogP contribution is 2.23. The molecule has 0 aliphatic heterocycles. The monoisotopic (exact) mass is 304 g/mol. The van der Waals surface area contributed by atoms with E-state index in [9.17, 15) is 9.59 Å². The highest BCUT2D eigenvalue weighted by Gasteiger charge is 2.10. The first kappa shape index (κ1) is 14.8. The van der Waals surface area contributed by atoms with Crippen LogP contribution >= 0.6 is 0 Å². The van der Waals surface area contributed by atoms with E-state index >= 15 is 0 Å². The summed E-state index contributed by atoms with van der Waals surface area (Å²) in [4.78, 5) is 23.0. The van der Waals surface area contributed by atoms with Gasteiger partial charge in [0.15, 0.2) is 0 Å². The molecule has 0 aliphatic rings. The lowest BCUT2D eigenvalue weighted by Crippen LogP contribution is -2.14. The van der Waals surface area contributed by atoms with Crippen molar-refractivity contribution in [2.75, 3.05) is 5.32 Å². The molecule has 3 aromatic rings. The zero-order valence-corrected chi connectivity index (χ0v) is 12.3. The van der Waals surface area contributed by atoms with Crippen molar-refractivity contribution >= 4 is 28.8 Å². The van der Waals surface area contributed by atoms with E-state index < -0.39 is 6.09 Å². The van der Waals surface area contributed by atoms with Gasteiger partial charge in [-0.05, 0) is 28.5 Å². The van der Waals surface area contributed by atoms with Gasteiger partial charge in [-0.15, -0.1) is 0 Å². The summed E-state index contributed by atoms with van der Waals surface area (Å²) in [6, 6.07) is 20.4. The smallest absolute Gasteiger partial charge is 0.411 e. The van der Waals surface area contributed by atoms with Gasteiger partial charge in [-0.1, -0.05) is 54.6 Å². The van der Waals surface area contributed by atoms with Crippen molar-refractivity contribution in [3.05, 3.63) is 77.9 Å². The molecule has 3 aromatic carbocycles. The van der Waals surface area contributed by atoms with Gasteiger partial charge >= 0.3 is 6.09 Å². The Morgan fingerprint density at radius 3 is 2.30 bits per heavy atom. The molecule has 113 valence electrons. The fraction of sp³-hybridized carbons (Fsp3) is 0.0526. The van der Waals surface area contributed by atoms with Crippen molar-refractivity contribution in [1.82, 2.24) is 0 Å². The first-order chi connectivity index (χ1) is 11.3. The number of hydrogen-bond donors (Lipinski definition) is 1. The maximum Gasteiger partial charge on any atom is 0.411 e. The molecule has 1 N–H and O–H groups in total. The minimum absolute atomic E-state index is 0.167. The van der Waals surface area contributed by atoms with Crippen LogP contribution in [-0.2, 0) is 16.1 Å². The quantitative estimate of drug-likeness (QED) is 0.791. The molecule has 1 radical (unpaired) electrons. The molecule has 0 atom stereocenters. The average Bonchev–Trinajstić information content (AvgIpc) is 2.60. The number of rotatable bonds is 4. The Balaban J connectivity index is 1.75. The molecule has 4 nitrogen and oxygen atoms in total. The second kappa shape index (κ2) is 6.75. The molecule has 0 saturated carbocycles. The van der Waals surface area contributed by atoms with E-state index in [1.165, 1.54) is 0 Å². The summed E-state index contributed by atoms with van der Waals surface area (Å²) in [6.07, 6.45) is 1.24. The van der Waals surface area contributed by atoms with Gasteiger partial charge in [0.25, 0.3) is 0 Å². The van der Waals surface area contributed by atoms with E-state index in [-0.39, 0.29) is 6.61 Å². The number of carbonyl (C=O) groups excluding carboxylic acids is 2. The van der Waals surface area contributed by atoms with Crippen LogP contribution in [-0.4, -0.2) is 12.4 Å². The number of anilines is 1. The molecule has 0 saturated heterocycles. The van der Waals surface area contributed by atoms with Crippen LogP contribution in [0.15, 0.2) is 66.7 Å². The summed E-state index contributed by atoms with van der Waals surface area (Å²) in [7, 11) is 0. The Hall–Kier alpha value is -3.14. The van der Waals surface area contributed by atoms with Crippen molar-refractivity contribution in [2.24, 2.45) is 0 Å². The Kier molecular flexibility index (Phi) is 4.34. The van der Waals surface area contributed by atoms with Crippen molar-refractivity contribution < 1.29 is 14.3 Å². The van der Waals surface area contributed by atoms with E-state index in [4.69, 9.17) is 4.74 Å². The molecule has 0 fully saturated rings. The standard InChI is InChI=1S/C19H14NO3/c21-12-17-10-15-8-4-5-9-16(15)11-18(17)20-19(22)23-13-14-6-2-1-3-7-14/h1-11H,13H2,(H,20,22). The lowest BCUT2D eigenvalue weighted by molar-refractivity contribution is 0.155. The van der Waals surface area contributed by atoms with Gasteiger partial charge in [0.05, 0.1) is 11.3 Å². The van der Waals surface area contributed by atoms with Crippen LogP contribution in [0.1, 0.15) is 11.1 Å². The summed E-state index contributed by atoms with van der Waals surface area (Å²) < 4.78 is 5.16. The lowest BCUT2D eigenvalue weighted by atomic mass is 10.1. The molecule has 0 heterocycles. The maximum absolute atomic E-state index is 11.9. The first-order valence-electron chi connectivity index (χ1n) is 7.15. The predicted molar refractivity (Wildman–Crippen MR) is 89.0 cm³/mol. The normalized spacial score (nSPS) is 10.3. The number of benzene rings is 3. The Bertz CT molecular complexity index is 844. The SMILES string of the molecule is O=[C]c1cc2ccccc2cc1NC(=O)OCc1ccccc1. The minimum Gasteiger partial charge on any atom is -0.444 e. The van der Waals surface area contributed by atoms with Gasteiger partial charge in [-0.25, -0.2) is 4.79 Å². The van der Waals surface area contributed by atoms with Crippen molar-refractivity contribution in [3.8, 4) is 0 Å². The third kappa shape index (κ3) is 3.55. The Morgan fingerprint density at radius 2 is 1.61 bits per heavy atom. The van der Waals surface area contributed by atoms with Crippen LogP contribution in [0.25, 0.3) is 10.8 Å². The number of hydrogen-bond acceptors (Lipinski definition) is 3. The molecule has 0 spiro atoms. The summed E-state index contributed by atoms with van der Waals surface area (Å²) in [5.74, 6) is 0. The molecule has 0 unspecified atom stereocenters. The number of nitrogens with one attached hydrogen (secondary N) is 1. The highest BCUT2D eigenvalue weighted by molar-refractivity contribution is 6.00. The Morgan fingerprint density at radius 1 is 0.957 bits per heavy atom. The minimum atomic E-state index is -0.611. The molecule has 3 rings (SSSR count). The van der Waals surface area contributed by atoms with E-state index in [1.807, 2.05) is 60.9 Å². The molecule has 0 bridgehead atoms. The van der Waals surface area contributed by atoms with Crippen LogP contribution in [0.3, 0.4) is 0 Å². The van der Waals surface area contributed by atoms with Crippen LogP contribution < -0.4 is 5.32 Å². The molecule has 23 heavy (non-hydrogen) atoms. The summed E-state index contributed by atoms with van der Waals surface area (Å²) in [6.45, 7) is 0.167. The van der Waals surface area contributed by atoms with E-state index in [1.54, 1.807) is 12.1 Å². The van der Waals surface area contributed by atoms with Gasteiger partial charge in [0.1, 0.15) is 6.61 Å². The van der Waals surface area contributed by atoms with E-state index in [0.717, 1.165) is 16.3 Å². The fourth-order valence-electron chi connectivity index (χ4n) is 2.30. The Labute approximate surface area is 133 Å². The largest absolute Gasteiger partial charge is 0.444 e. The van der Waals surface area contributed by atoms with Crippen LogP contribution in [0.5, 0.6) is 0 Å². The van der Waals surface area contributed by atoms with Gasteiger partial charge in [-0.3, -0.25) is 10.1 Å². The van der Waals surface area contributed by atoms with Crippen molar-refractivity contribution in [3.63, 3.8) is 0 Å². The van der Waals surface area contributed by atoms with Gasteiger partial charge in [-0.2, -0.15) is 0 Å². The molecule has 4 heteroatoms. The topological polar surface area (TPSA) is 55.4 Å². The maximum atomic E-state index is 11.9. The number of carbonyl (C=O) groups is 1. The molecule has 0 aromatic heterocycles.